The molecule has 0 spiro atoms. The van der Waals surface area contributed by atoms with E-state index in [-0.39, 0.29) is 41.1 Å². The number of fused-ring (bicyclic) bond motifs is 4. The second kappa shape index (κ2) is 11.1. The first kappa shape index (κ1) is 29.1. The highest BCUT2D eigenvalue weighted by molar-refractivity contribution is 7.92. The summed E-state index contributed by atoms with van der Waals surface area (Å²) in [4.78, 5) is 24.6. The highest BCUT2D eigenvalue weighted by Crippen LogP contribution is 2.31. The Morgan fingerprint density at radius 1 is 1.05 bits per heavy atom. The SMILES string of the molecule is Cc1cccc(C)c1-c1cc2nc(n1)NS(=O)(=O)c1cc(nn1C)C(=O)N(Cc1cccnn1)[C@H](CC(C)(C)C)CO2. The average molecular weight is 591 g/mol. The molecule has 42 heavy (non-hydrogen) atoms. The summed E-state index contributed by atoms with van der Waals surface area (Å²) < 4.78 is 36.9. The number of carbonyl (C=O) groups is 1. The van der Waals surface area contributed by atoms with Crippen molar-refractivity contribution >= 4 is 21.9 Å². The van der Waals surface area contributed by atoms with Gasteiger partial charge >= 0.3 is 0 Å². The number of nitrogens with zero attached hydrogens (tertiary/aromatic N) is 7. The van der Waals surface area contributed by atoms with Gasteiger partial charge in [-0.3, -0.25) is 9.48 Å². The van der Waals surface area contributed by atoms with E-state index in [0.717, 1.165) is 21.4 Å². The van der Waals surface area contributed by atoms with Crippen LogP contribution in [0.15, 0.2) is 53.7 Å². The fourth-order valence-corrected chi connectivity index (χ4v) is 6.22. The number of hydrogen-bond donors (Lipinski definition) is 1. The molecule has 4 bridgehead atoms. The van der Waals surface area contributed by atoms with E-state index in [2.05, 4.69) is 50.8 Å². The Morgan fingerprint density at radius 3 is 2.45 bits per heavy atom. The van der Waals surface area contributed by atoms with Gasteiger partial charge in [-0.2, -0.15) is 28.7 Å². The lowest BCUT2D eigenvalue weighted by Crippen LogP contribution is -2.45. The Kier molecular flexibility index (Phi) is 7.71. The largest absolute Gasteiger partial charge is 0.475 e. The zero-order valence-electron chi connectivity index (χ0n) is 24.5. The Bertz CT molecular complexity index is 1710. The number of ether oxygens (including phenoxy) is 1. The molecule has 0 fully saturated rings. The van der Waals surface area contributed by atoms with Crippen molar-refractivity contribution in [1.29, 1.82) is 0 Å². The van der Waals surface area contributed by atoms with Crippen molar-refractivity contribution < 1.29 is 17.9 Å². The predicted molar refractivity (Wildman–Crippen MR) is 156 cm³/mol. The molecule has 0 unspecified atom stereocenters. The smallest absolute Gasteiger partial charge is 0.281 e. The van der Waals surface area contributed by atoms with Gasteiger partial charge in [-0.1, -0.05) is 39.0 Å². The Hall–Kier alpha value is -4.39. The van der Waals surface area contributed by atoms with Gasteiger partial charge in [0, 0.05) is 30.9 Å². The maximum absolute atomic E-state index is 14.0. The quantitative estimate of drug-likeness (QED) is 0.374. The van der Waals surface area contributed by atoms with Gasteiger partial charge in [0.1, 0.15) is 6.61 Å². The van der Waals surface area contributed by atoms with Crippen LogP contribution < -0.4 is 9.46 Å². The van der Waals surface area contributed by atoms with Gasteiger partial charge < -0.3 is 9.64 Å². The van der Waals surface area contributed by atoms with Crippen molar-refractivity contribution in [3.8, 4) is 17.1 Å². The topological polar surface area (TPSA) is 145 Å². The minimum atomic E-state index is -4.23. The van der Waals surface area contributed by atoms with Crippen molar-refractivity contribution in [1.82, 2.24) is 34.8 Å². The molecule has 4 heterocycles. The van der Waals surface area contributed by atoms with Crippen LogP contribution in [0, 0.1) is 19.3 Å². The van der Waals surface area contributed by atoms with E-state index in [1.807, 2.05) is 32.0 Å². The van der Waals surface area contributed by atoms with Crippen LogP contribution >= 0.6 is 0 Å². The number of hydrogen-bond acceptors (Lipinski definition) is 9. The van der Waals surface area contributed by atoms with Crippen LogP contribution in [0.2, 0.25) is 0 Å². The monoisotopic (exact) mass is 590 g/mol. The molecule has 1 amide bonds. The number of sulfonamides is 1. The summed E-state index contributed by atoms with van der Waals surface area (Å²) >= 11 is 0. The number of carbonyl (C=O) groups excluding carboxylic acids is 1. The molecule has 13 heteroatoms. The van der Waals surface area contributed by atoms with Crippen molar-refractivity contribution in [2.75, 3.05) is 11.3 Å². The average Bonchev–Trinajstić information content (AvgIpc) is 3.31. The Morgan fingerprint density at radius 2 is 1.79 bits per heavy atom. The molecule has 0 radical (unpaired) electrons. The maximum Gasteiger partial charge on any atom is 0.281 e. The van der Waals surface area contributed by atoms with E-state index in [4.69, 9.17) is 4.74 Å². The minimum Gasteiger partial charge on any atom is -0.475 e. The van der Waals surface area contributed by atoms with Gasteiger partial charge in [0.2, 0.25) is 11.8 Å². The molecule has 1 N–H and O–H groups in total. The Balaban J connectivity index is 1.68. The van der Waals surface area contributed by atoms with E-state index >= 15 is 0 Å². The van der Waals surface area contributed by atoms with Crippen LogP contribution in [-0.2, 0) is 23.6 Å². The highest BCUT2D eigenvalue weighted by Gasteiger charge is 2.34. The molecular formula is C29H34N8O4S. The molecule has 1 aromatic carbocycles. The van der Waals surface area contributed by atoms with Gasteiger partial charge in [-0.25, -0.2) is 9.71 Å². The lowest BCUT2D eigenvalue weighted by Gasteiger charge is -2.35. The summed E-state index contributed by atoms with van der Waals surface area (Å²) in [7, 11) is -2.76. The van der Waals surface area contributed by atoms with Gasteiger partial charge in [-0.15, -0.1) is 0 Å². The molecular weight excluding hydrogens is 556 g/mol. The van der Waals surface area contributed by atoms with E-state index in [1.54, 1.807) is 29.3 Å². The van der Waals surface area contributed by atoms with Crippen LogP contribution in [0.5, 0.6) is 5.88 Å². The second-order valence-corrected chi connectivity index (χ2v) is 13.3. The van der Waals surface area contributed by atoms with Crippen LogP contribution in [0.1, 0.15) is 54.5 Å². The first-order valence-electron chi connectivity index (χ1n) is 13.5. The van der Waals surface area contributed by atoms with E-state index < -0.39 is 22.0 Å². The van der Waals surface area contributed by atoms with Gasteiger partial charge in [-0.05, 0) is 48.9 Å². The molecule has 3 aromatic heterocycles. The predicted octanol–water partition coefficient (Wildman–Crippen LogP) is 3.92. The van der Waals surface area contributed by atoms with Gasteiger partial charge in [0.25, 0.3) is 15.9 Å². The minimum absolute atomic E-state index is 0.0243. The number of aromatic nitrogens is 6. The lowest BCUT2D eigenvalue weighted by molar-refractivity contribution is 0.0502. The van der Waals surface area contributed by atoms with Crippen LogP contribution in [0.4, 0.5) is 5.95 Å². The van der Waals surface area contributed by atoms with Crippen LogP contribution in [0.25, 0.3) is 11.3 Å². The summed E-state index contributed by atoms with van der Waals surface area (Å²) in [5, 5.41) is 12.2. The molecule has 1 atom stereocenters. The first-order chi connectivity index (χ1) is 19.8. The highest BCUT2D eigenvalue weighted by atomic mass is 32.2. The summed E-state index contributed by atoms with van der Waals surface area (Å²) in [6.07, 6.45) is 2.13. The standard InChI is InChI=1S/C29H34N8O4S/c1-18-9-7-10-19(2)26(18)22-13-24-32-28(31-22)35-42(39,40)25-14-23(34-36(25)6)27(38)37(16-20-11-8-12-30-33-20)21(17-41-24)15-29(3,4)5/h7-14,21H,15-17H2,1-6H3,(H,31,32,35)/t21-/m1/s1. The van der Waals surface area contributed by atoms with E-state index in [9.17, 15) is 13.2 Å². The molecule has 1 aliphatic heterocycles. The fraction of sp³-hybridized carbons (Fsp3) is 0.379. The van der Waals surface area contributed by atoms with E-state index in [0.29, 0.717) is 17.8 Å². The molecule has 220 valence electrons. The van der Waals surface area contributed by atoms with Crippen molar-refractivity contribution in [2.45, 2.75) is 58.7 Å². The second-order valence-electron chi connectivity index (χ2n) is 11.7. The summed E-state index contributed by atoms with van der Waals surface area (Å²) in [5.74, 6) is -0.429. The number of rotatable bonds is 4. The number of aryl methyl sites for hydroxylation is 3. The third-order valence-corrected chi connectivity index (χ3v) is 8.31. The third-order valence-electron chi connectivity index (χ3n) is 6.93. The van der Waals surface area contributed by atoms with Crippen LogP contribution in [-0.4, -0.2) is 61.8 Å². The van der Waals surface area contributed by atoms with Gasteiger partial charge in [0.15, 0.2) is 10.7 Å². The maximum atomic E-state index is 14.0. The zero-order valence-corrected chi connectivity index (χ0v) is 25.3. The number of anilines is 1. The third kappa shape index (κ3) is 6.25. The fourth-order valence-electron chi connectivity index (χ4n) is 5.12. The lowest BCUT2D eigenvalue weighted by atomic mass is 9.87. The van der Waals surface area contributed by atoms with Crippen molar-refractivity contribution in [2.24, 2.45) is 12.5 Å². The summed E-state index contributed by atoms with van der Waals surface area (Å²) in [6.45, 7) is 10.4. The normalized spacial score (nSPS) is 17.0. The molecule has 4 aromatic rings. The number of amides is 1. The van der Waals surface area contributed by atoms with E-state index in [1.165, 1.54) is 13.1 Å². The van der Waals surface area contributed by atoms with Gasteiger partial charge in [0.05, 0.1) is 24.0 Å². The molecule has 5 rings (SSSR count). The van der Waals surface area contributed by atoms with Crippen molar-refractivity contribution in [3.05, 3.63) is 71.2 Å². The molecule has 0 saturated carbocycles. The first-order valence-corrected chi connectivity index (χ1v) is 15.0. The van der Waals surface area contributed by atoms with Crippen LogP contribution in [0.3, 0.4) is 0 Å². The number of benzene rings is 1. The molecule has 12 nitrogen and oxygen atoms in total. The van der Waals surface area contributed by atoms with Crippen molar-refractivity contribution in [3.63, 3.8) is 0 Å². The zero-order chi connectivity index (χ0) is 30.2. The Labute approximate surface area is 245 Å². The molecule has 1 aliphatic rings. The number of nitrogens with one attached hydrogen (secondary N) is 1. The summed E-state index contributed by atoms with van der Waals surface area (Å²) in [5.41, 5.74) is 3.65. The molecule has 0 aliphatic carbocycles. The molecule has 0 saturated heterocycles. The summed E-state index contributed by atoms with van der Waals surface area (Å²) in [6, 6.07) is 11.9.